The van der Waals surface area contributed by atoms with E-state index in [-0.39, 0.29) is 11.5 Å². The van der Waals surface area contributed by atoms with Gasteiger partial charge in [0.25, 0.3) is 0 Å². The van der Waals surface area contributed by atoms with Crippen LogP contribution in [0, 0.1) is 11.3 Å². The molecule has 1 aliphatic heterocycles. The Hall–Kier alpha value is -1.55. The van der Waals surface area contributed by atoms with E-state index in [2.05, 4.69) is 40.5 Å². The normalized spacial score (nSPS) is 21.2. The Balaban J connectivity index is 1.55. The summed E-state index contributed by atoms with van der Waals surface area (Å²) >= 11 is 0. The molecule has 0 radical (unpaired) electrons. The third-order valence-corrected chi connectivity index (χ3v) is 6.54. The van der Waals surface area contributed by atoms with Crippen LogP contribution < -0.4 is 5.32 Å². The fraction of sp³-hybridized carbons (Fsp3) is 0.708. The van der Waals surface area contributed by atoms with Crippen molar-refractivity contribution in [1.29, 1.82) is 0 Å². The van der Waals surface area contributed by atoms with Gasteiger partial charge in [0.05, 0.1) is 0 Å². The molecule has 1 amide bonds. The molecule has 0 spiro atoms. The predicted molar refractivity (Wildman–Crippen MR) is 114 cm³/mol. The second kappa shape index (κ2) is 9.30. The molecule has 1 N–H and O–H groups in total. The number of piperidine rings is 1. The predicted octanol–water partition coefficient (Wildman–Crippen LogP) is 5.37. The van der Waals surface area contributed by atoms with E-state index >= 15 is 0 Å². The summed E-state index contributed by atoms with van der Waals surface area (Å²) in [6.07, 6.45) is 8.62. The summed E-state index contributed by atoms with van der Waals surface area (Å²) in [6, 6.07) is 10.8. The number of carbonyl (C=O) groups excluding carboxylic acids is 1. The molecule has 1 aromatic rings. The van der Waals surface area contributed by atoms with Gasteiger partial charge in [-0.25, -0.2) is 4.79 Å². The maximum absolute atomic E-state index is 12.2. The summed E-state index contributed by atoms with van der Waals surface area (Å²) in [7, 11) is 0. The maximum atomic E-state index is 12.2. The molecule has 0 unspecified atom stereocenters. The van der Waals surface area contributed by atoms with Crippen molar-refractivity contribution in [3.8, 4) is 0 Å². The molecule has 1 aromatic carbocycles. The van der Waals surface area contributed by atoms with Gasteiger partial charge in [-0.1, -0.05) is 49.6 Å². The van der Waals surface area contributed by atoms with Crippen LogP contribution in [0.5, 0.6) is 0 Å². The van der Waals surface area contributed by atoms with E-state index in [0.29, 0.717) is 5.92 Å². The van der Waals surface area contributed by atoms with Gasteiger partial charge in [-0.3, -0.25) is 4.90 Å². The van der Waals surface area contributed by atoms with Gasteiger partial charge >= 0.3 is 6.09 Å². The number of carbonyl (C=O) groups is 1. The summed E-state index contributed by atoms with van der Waals surface area (Å²) in [5.74, 6) is 0.703. The Morgan fingerprint density at radius 2 is 1.75 bits per heavy atom. The Labute approximate surface area is 171 Å². The first-order valence-electron chi connectivity index (χ1n) is 11.1. The fourth-order valence-electron chi connectivity index (χ4n) is 5.09. The van der Waals surface area contributed by atoms with Crippen molar-refractivity contribution >= 4 is 6.09 Å². The third kappa shape index (κ3) is 5.97. The number of nitrogens with zero attached hydrogens (tertiary/aromatic N) is 1. The fourth-order valence-corrected chi connectivity index (χ4v) is 5.09. The van der Waals surface area contributed by atoms with Crippen LogP contribution in [0.1, 0.15) is 71.3 Å². The van der Waals surface area contributed by atoms with Crippen molar-refractivity contribution in [3.63, 3.8) is 0 Å². The van der Waals surface area contributed by atoms with Crippen LogP contribution in [0.15, 0.2) is 30.3 Å². The Bertz CT molecular complexity index is 609. The lowest BCUT2D eigenvalue weighted by molar-refractivity contribution is 0.0251. The van der Waals surface area contributed by atoms with Gasteiger partial charge in [0.15, 0.2) is 0 Å². The highest BCUT2D eigenvalue weighted by atomic mass is 16.6. The molecule has 3 rings (SSSR count). The highest BCUT2D eigenvalue weighted by Gasteiger charge is 2.41. The second-order valence-corrected chi connectivity index (χ2v) is 9.81. The van der Waals surface area contributed by atoms with Crippen molar-refractivity contribution in [1.82, 2.24) is 10.2 Å². The lowest BCUT2D eigenvalue weighted by Gasteiger charge is -2.47. The van der Waals surface area contributed by atoms with Crippen LogP contribution >= 0.6 is 0 Å². The number of hydrogen-bond acceptors (Lipinski definition) is 3. The van der Waals surface area contributed by atoms with E-state index in [1.807, 2.05) is 20.8 Å². The first kappa shape index (κ1) is 21.2. The number of alkyl carbamates (subject to hydrolysis) is 1. The zero-order chi connectivity index (χ0) is 20.0. The number of ether oxygens (including phenoxy) is 1. The average Bonchev–Trinajstić information content (AvgIpc) is 2.67. The zero-order valence-corrected chi connectivity index (χ0v) is 18.0. The van der Waals surface area contributed by atoms with Gasteiger partial charge in [0.1, 0.15) is 5.60 Å². The molecule has 1 saturated carbocycles. The van der Waals surface area contributed by atoms with E-state index < -0.39 is 5.60 Å². The topological polar surface area (TPSA) is 41.6 Å². The number of likely N-dealkylation sites (tertiary alicyclic amines) is 1. The SMILES string of the molecule is CC(C)(C)OC(=O)NCC1(C2CCN(Cc3ccccc3)CC2)CCCCC1. The molecule has 1 aliphatic carbocycles. The van der Waals surface area contributed by atoms with Crippen LogP contribution in [0.25, 0.3) is 0 Å². The smallest absolute Gasteiger partial charge is 0.407 e. The van der Waals surface area contributed by atoms with Crippen LogP contribution in [0.4, 0.5) is 4.79 Å². The molecular weight excluding hydrogens is 348 g/mol. The number of rotatable bonds is 5. The second-order valence-electron chi connectivity index (χ2n) is 9.81. The van der Waals surface area contributed by atoms with Crippen molar-refractivity contribution < 1.29 is 9.53 Å². The zero-order valence-electron chi connectivity index (χ0n) is 18.0. The first-order chi connectivity index (χ1) is 13.4. The molecule has 4 heteroatoms. The maximum Gasteiger partial charge on any atom is 0.407 e. The van der Waals surface area contributed by atoms with E-state index in [9.17, 15) is 4.79 Å². The molecule has 2 aliphatic rings. The van der Waals surface area contributed by atoms with Gasteiger partial charge in [-0.2, -0.15) is 0 Å². The quantitative estimate of drug-likeness (QED) is 0.739. The Morgan fingerprint density at radius 3 is 2.36 bits per heavy atom. The molecule has 0 atom stereocenters. The Morgan fingerprint density at radius 1 is 1.11 bits per heavy atom. The lowest BCUT2D eigenvalue weighted by Crippen LogP contribution is -2.48. The van der Waals surface area contributed by atoms with E-state index in [0.717, 1.165) is 26.2 Å². The molecule has 156 valence electrons. The molecule has 2 fully saturated rings. The summed E-state index contributed by atoms with van der Waals surface area (Å²) in [5.41, 5.74) is 1.22. The minimum absolute atomic E-state index is 0.258. The molecule has 1 heterocycles. The van der Waals surface area contributed by atoms with E-state index in [4.69, 9.17) is 4.74 Å². The van der Waals surface area contributed by atoms with E-state index in [1.165, 1.54) is 50.5 Å². The van der Waals surface area contributed by atoms with Crippen LogP contribution in [0.3, 0.4) is 0 Å². The van der Waals surface area contributed by atoms with Crippen molar-refractivity contribution in [2.45, 2.75) is 77.9 Å². The number of amides is 1. The summed E-state index contributed by atoms with van der Waals surface area (Å²) in [4.78, 5) is 14.8. The molecule has 1 saturated heterocycles. The summed E-state index contributed by atoms with van der Waals surface area (Å²) in [5, 5.41) is 3.12. The average molecular weight is 387 g/mol. The van der Waals surface area contributed by atoms with Crippen LogP contribution in [-0.2, 0) is 11.3 Å². The van der Waals surface area contributed by atoms with Crippen molar-refractivity contribution in [2.24, 2.45) is 11.3 Å². The molecular formula is C24H38N2O2. The van der Waals surface area contributed by atoms with Gasteiger partial charge in [-0.05, 0) is 76.4 Å². The monoisotopic (exact) mass is 386 g/mol. The minimum atomic E-state index is -0.438. The minimum Gasteiger partial charge on any atom is -0.444 e. The van der Waals surface area contributed by atoms with Crippen molar-refractivity contribution in [3.05, 3.63) is 35.9 Å². The van der Waals surface area contributed by atoms with Crippen LogP contribution in [0.2, 0.25) is 0 Å². The third-order valence-electron chi connectivity index (χ3n) is 6.54. The first-order valence-corrected chi connectivity index (χ1v) is 11.1. The van der Waals surface area contributed by atoms with Gasteiger partial charge in [0.2, 0.25) is 0 Å². The van der Waals surface area contributed by atoms with Gasteiger partial charge < -0.3 is 10.1 Å². The summed E-state index contributed by atoms with van der Waals surface area (Å²) in [6.45, 7) is 9.91. The number of nitrogens with one attached hydrogen (secondary N) is 1. The largest absolute Gasteiger partial charge is 0.444 e. The molecule has 0 aromatic heterocycles. The molecule has 0 bridgehead atoms. The molecule has 4 nitrogen and oxygen atoms in total. The standard InChI is InChI=1S/C24H38N2O2/c1-23(2,3)28-22(27)25-19-24(14-8-5-9-15-24)21-12-16-26(17-13-21)18-20-10-6-4-7-11-20/h4,6-7,10-11,21H,5,8-9,12-19H2,1-3H3,(H,25,27). The molecule has 28 heavy (non-hydrogen) atoms. The van der Waals surface area contributed by atoms with Gasteiger partial charge in [0, 0.05) is 13.1 Å². The van der Waals surface area contributed by atoms with Crippen LogP contribution in [-0.4, -0.2) is 36.2 Å². The van der Waals surface area contributed by atoms with Gasteiger partial charge in [-0.15, -0.1) is 0 Å². The highest BCUT2D eigenvalue weighted by molar-refractivity contribution is 5.67. The van der Waals surface area contributed by atoms with E-state index in [1.54, 1.807) is 0 Å². The number of benzene rings is 1. The lowest BCUT2D eigenvalue weighted by atomic mass is 9.63. The Kier molecular flexibility index (Phi) is 7.03. The number of hydrogen-bond donors (Lipinski definition) is 1. The highest BCUT2D eigenvalue weighted by Crippen LogP contribution is 2.46. The summed E-state index contributed by atoms with van der Waals surface area (Å²) < 4.78 is 5.49. The van der Waals surface area contributed by atoms with Crippen molar-refractivity contribution in [2.75, 3.05) is 19.6 Å².